The highest BCUT2D eigenvalue weighted by Crippen LogP contribution is 2.14. The maximum Gasteiger partial charge on any atom is 0.271 e. The van der Waals surface area contributed by atoms with E-state index >= 15 is 0 Å². The Bertz CT molecular complexity index is 683. The van der Waals surface area contributed by atoms with Gasteiger partial charge in [-0.25, -0.2) is 9.97 Å². The van der Waals surface area contributed by atoms with Gasteiger partial charge in [0, 0.05) is 18.2 Å². The van der Waals surface area contributed by atoms with Gasteiger partial charge in [0.2, 0.25) is 0 Å². The Morgan fingerprint density at radius 3 is 3.17 bits per heavy atom. The number of rotatable bonds is 5. The summed E-state index contributed by atoms with van der Waals surface area (Å²) in [6.45, 7) is 1.34. The van der Waals surface area contributed by atoms with Crippen LogP contribution in [0.1, 0.15) is 22.6 Å². The SMILES string of the molecule is O=C(N[C@@H]1CCOC[C@H]1OCc1cscn1)c1c[nH]c(=O)cn1. The van der Waals surface area contributed by atoms with Gasteiger partial charge in [-0.05, 0) is 6.42 Å². The molecule has 0 aromatic carbocycles. The smallest absolute Gasteiger partial charge is 0.271 e. The lowest BCUT2D eigenvalue weighted by Gasteiger charge is -2.31. The van der Waals surface area contributed by atoms with Crippen LogP contribution in [0.4, 0.5) is 0 Å². The minimum absolute atomic E-state index is 0.161. The Labute approximate surface area is 135 Å². The highest BCUT2D eigenvalue weighted by atomic mass is 32.1. The van der Waals surface area contributed by atoms with E-state index in [0.29, 0.717) is 26.2 Å². The number of nitrogens with zero attached hydrogens (tertiary/aromatic N) is 2. The Balaban J connectivity index is 1.60. The molecule has 1 saturated heterocycles. The van der Waals surface area contributed by atoms with Crippen LogP contribution in [0.15, 0.2) is 28.1 Å². The molecule has 1 amide bonds. The van der Waals surface area contributed by atoms with Crippen molar-refractivity contribution in [1.29, 1.82) is 0 Å². The Kier molecular flexibility index (Phi) is 5.11. The number of carbonyl (C=O) groups excluding carboxylic acids is 1. The highest BCUT2D eigenvalue weighted by molar-refractivity contribution is 7.07. The lowest BCUT2D eigenvalue weighted by Crippen LogP contribution is -2.50. The summed E-state index contributed by atoms with van der Waals surface area (Å²) < 4.78 is 11.3. The minimum atomic E-state index is -0.351. The number of ether oxygens (including phenoxy) is 2. The van der Waals surface area contributed by atoms with Crippen molar-refractivity contribution in [3.05, 3.63) is 45.0 Å². The molecule has 1 aliphatic rings. The highest BCUT2D eigenvalue weighted by Gasteiger charge is 2.28. The first-order chi connectivity index (χ1) is 11.2. The molecule has 8 nitrogen and oxygen atoms in total. The topological polar surface area (TPSA) is 106 Å². The quantitative estimate of drug-likeness (QED) is 0.815. The van der Waals surface area contributed by atoms with Gasteiger partial charge < -0.3 is 19.8 Å². The summed E-state index contributed by atoms with van der Waals surface area (Å²) in [5, 5.41) is 4.81. The van der Waals surface area contributed by atoms with Gasteiger partial charge in [0.25, 0.3) is 11.5 Å². The van der Waals surface area contributed by atoms with E-state index in [4.69, 9.17) is 9.47 Å². The molecule has 1 aliphatic heterocycles. The first-order valence-electron chi connectivity index (χ1n) is 7.14. The summed E-state index contributed by atoms with van der Waals surface area (Å²) in [5.74, 6) is -0.351. The molecule has 0 unspecified atom stereocenters. The predicted octanol–water partition coefficient (Wildman–Crippen LogP) is 0.330. The van der Waals surface area contributed by atoms with Crippen molar-refractivity contribution in [3.63, 3.8) is 0 Å². The number of hydrogen-bond acceptors (Lipinski definition) is 7. The summed E-state index contributed by atoms with van der Waals surface area (Å²) in [7, 11) is 0. The predicted molar refractivity (Wildman–Crippen MR) is 82.2 cm³/mol. The molecule has 0 saturated carbocycles. The zero-order valence-electron chi connectivity index (χ0n) is 12.2. The van der Waals surface area contributed by atoms with Crippen LogP contribution in [-0.2, 0) is 16.1 Å². The molecule has 3 rings (SSSR count). The van der Waals surface area contributed by atoms with E-state index in [9.17, 15) is 9.59 Å². The van der Waals surface area contributed by atoms with E-state index in [0.717, 1.165) is 11.9 Å². The van der Waals surface area contributed by atoms with Crippen molar-refractivity contribution >= 4 is 17.2 Å². The van der Waals surface area contributed by atoms with Crippen molar-refractivity contribution in [2.75, 3.05) is 13.2 Å². The zero-order valence-corrected chi connectivity index (χ0v) is 13.0. The molecule has 2 N–H and O–H groups in total. The fraction of sp³-hybridized carbons (Fsp3) is 0.429. The van der Waals surface area contributed by atoms with E-state index in [1.807, 2.05) is 5.38 Å². The molecule has 2 aromatic rings. The van der Waals surface area contributed by atoms with Crippen LogP contribution in [0.5, 0.6) is 0 Å². The molecule has 2 atom stereocenters. The lowest BCUT2D eigenvalue weighted by molar-refractivity contribution is -0.0742. The number of hydrogen-bond donors (Lipinski definition) is 2. The number of thiazole rings is 1. The molecule has 0 radical (unpaired) electrons. The monoisotopic (exact) mass is 336 g/mol. The summed E-state index contributed by atoms with van der Waals surface area (Å²) in [6, 6.07) is -0.177. The average molecular weight is 336 g/mol. The van der Waals surface area contributed by atoms with E-state index < -0.39 is 0 Å². The summed E-state index contributed by atoms with van der Waals surface area (Å²) in [6.07, 6.45) is 2.77. The fourth-order valence-corrected chi connectivity index (χ4v) is 2.79. The van der Waals surface area contributed by atoms with Gasteiger partial charge in [-0.2, -0.15) is 0 Å². The van der Waals surface area contributed by atoms with Crippen LogP contribution in [0.2, 0.25) is 0 Å². The maximum atomic E-state index is 12.2. The van der Waals surface area contributed by atoms with Crippen molar-refractivity contribution in [1.82, 2.24) is 20.3 Å². The molecule has 23 heavy (non-hydrogen) atoms. The van der Waals surface area contributed by atoms with E-state index in [-0.39, 0.29) is 29.3 Å². The zero-order chi connectivity index (χ0) is 16.1. The van der Waals surface area contributed by atoms with Crippen LogP contribution in [0.25, 0.3) is 0 Å². The summed E-state index contributed by atoms with van der Waals surface area (Å²) in [4.78, 5) is 33.6. The van der Waals surface area contributed by atoms with Crippen molar-refractivity contribution in [2.24, 2.45) is 0 Å². The number of amides is 1. The molecule has 1 fully saturated rings. The minimum Gasteiger partial charge on any atom is -0.379 e. The number of nitrogens with one attached hydrogen (secondary N) is 2. The molecule has 2 aromatic heterocycles. The number of aromatic amines is 1. The normalized spacial score (nSPS) is 21.0. The first kappa shape index (κ1) is 15.8. The Morgan fingerprint density at radius 2 is 2.43 bits per heavy atom. The van der Waals surface area contributed by atoms with Crippen LogP contribution in [0, 0.1) is 0 Å². The maximum absolute atomic E-state index is 12.2. The van der Waals surface area contributed by atoms with Gasteiger partial charge >= 0.3 is 0 Å². The van der Waals surface area contributed by atoms with Gasteiger partial charge in [-0.1, -0.05) is 0 Å². The third-order valence-electron chi connectivity index (χ3n) is 3.45. The lowest BCUT2D eigenvalue weighted by atomic mass is 10.1. The molecule has 122 valence electrons. The Morgan fingerprint density at radius 1 is 1.52 bits per heavy atom. The van der Waals surface area contributed by atoms with Crippen molar-refractivity contribution in [2.45, 2.75) is 25.2 Å². The molecular formula is C14H16N4O4S. The van der Waals surface area contributed by atoms with Crippen LogP contribution in [-0.4, -0.2) is 46.2 Å². The average Bonchev–Trinajstić information content (AvgIpc) is 3.08. The number of carbonyl (C=O) groups is 1. The van der Waals surface area contributed by atoms with E-state index in [1.165, 1.54) is 17.5 Å². The molecule has 9 heteroatoms. The number of H-pyrrole nitrogens is 1. The third-order valence-corrected chi connectivity index (χ3v) is 4.09. The molecular weight excluding hydrogens is 320 g/mol. The van der Waals surface area contributed by atoms with Crippen LogP contribution >= 0.6 is 11.3 Å². The molecule has 3 heterocycles. The van der Waals surface area contributed by atoms with Gasteiger partial charge in [0.15, 0.2) is 0 Å². The summed E-state index contributed by atoms with van der Waals surface area (Å²) >= 11 is 1.51. The molecule has 0 aliphatic carbocycles. The van der Waals surface area contributed by atoms with Crippen LogP contribution < -0.4 is 10.9 Å². The number of aromatic nitrogens is 3. The first-order valence-corrected chi connectivity index (χ1v) is 8.08. The second-order valence-electron chi connectivity index (χ2n) is 5.07. The van der Waals surface area contributed by atoms with Gasteiger partial charge in [-0.3, -0.25) is 9.59 Å². The largest absolute Gasteiger partial charge is 0.379 e. The summed E-state index contributed by atoms with van der Waals surface area (Å²) in [5.41, 5.74) is 2.41. The second-order valence-corrected chi connectivity index (χ2v) is 5.79. The third kappa shape index (κ3) is 4.21. The van der Waals surface area contributed by atoms with Crippen molar-refractivity contribution < 1.29 is 14.3 Å². The van der Waals surface area contributed by atoms with Gasteiger partial charge in [-0.15, -0.1) is 11.3 Å². The molecule has 0 spiro atoms. The van der Waals surface area contributed by atoms with Crippen molar-refractivity contribution in [3.8, 4) is 0 Å². The molecule has 0 bridgehead atoms. The fourth-order valence-electron chi connectivity index (χ4n) is 2.25. The van der Waals surface area contributed by atoms with Gasteiger partial charge in [0.1, 0.15) is 11.8 Å². The van der Waals surface area contributed by atoms with E-state index in [2.05, 4.69) is 20.3 Å². The van der Waals surface area contributed by atoms with E-state index in [1.54, 1.807) is 5.51 Å². The Hall–Kier alpha value is -2.10. The van der Waals surface area contributed by atoms with Gasteiger partial charge in [0.05, 0.1) is 36.7 Å². The van der Waals surface area contributed by atoms with Crippen LogP contribution in [0.3, 0.4) is 0 Å². The second kappa shape index (κ2) is 7.44. The standard InChI is InChI=1S/C14H16N4O4S/c19-13-4-15-11(3-16-13)14(20)18-10-1-2-21-6-12(10)22-5-9-7-23-8-17-9/h3-4,7-8,10,12H,1-2,5-6H2,(H,16,19)(H,18,20)/t10-,12-/m1/s1.